The fourth-order valence-electron chi connectivity index (χ4n) is 2.08. The summed E-state index contributed by atoms with van der Waals surface area (Å²) in [5.41, 5.74) is -0.185. The number of Topliss-reactive ketones (excluding diaryl/α,β-unsaturated/α-hetero) is 1. The second-order valence-corrected chi connectivity index (χ2v) is 6.69. The molecule has 5 heteroatoms. The zero-order chi connectivity index (χ0) is 12.7. The van der Waals surface area contributed by atoms with Crippen LogP contribution in [-0.4, -0.2) is 30.8 Å². The molecule has 1 fully saturated rings. The molecule has 0 amide bonds. The molecule has 0 bridgehead atoms. The van der Waals surface area contributed by atoms with Gasteiger partial charge in [-0.1, -0.05) is 24.3 Å². The number of benzene rings is 1. The minimum atomic E-state index is -3.15. The number of rotatable bonds is 2. The van der Waals surface area contributed by atoms with E-state index >= 15 is 0 Å². The van der Waals surface area contributed by atoms with Crippen molar-refractivity contribution >= 4 is 15.6 Å². The van der Waals surface area contributed by atoms with Crippen LogP contribution in [-0.2, 0) is 15.4 Å². The predicted molar refractivity (Wildman–Crippen MR) is 63.6 cm³/mol. The summed E-state index contributed by atoms with van der Waals surface area (Å²) in [6.45, 7) is 1.46. The van der Waals surface area contributed by atoms with Gasteiger partial charge in [-0.2, -0.15) is 0 Å². The minimum Gasteiger partial charge on any atom is -0.384 e. The maximum absolute atomic E-state index is 11.4. The Kier molecular flexibility index (Phi) is 2.83. The largest absolute Gasteiger partial charge is 0.384 e. The number of carbonyl (C=O) groups excluding carboxylic acids is 1. The van der Waals surface area contributed by atoms with Gasteiger partial charge in [0.1, 0.15) is 5.60 Å². The predicted octanol–water partition coefficient (Wildman–Crippen LogP) is 0.895. The highest BCUT2D eigenvalue weighted by Crippen LogP contribution is 2.33. The second kappa shape index (κ2) is 3.92. The zero-order valence-electron chi connectivity index (χ0n) is 9.51. The maximum Gasteiger partial charge on any atom is 0.159 e. The summed E-state index contributed by atoms with van der Waals surface area (Å²) in [5.74, 6) is -0.278. The highest BCUT2D eigenvalue weighted by Gasteiger charge is 2.41. The molecule has 1 N–H and O–H groups in total. The van der Waals surface area contributed by atoms with Crippen LogP contribution in [0.3, 0.4) is 0 Å². The molecule has 2 rings (SSSR count). The zero-order valence-corrected chi connectivity index (χ0v) is 10.3. The summed E-state index contributed by atoms with van der Waals surface area (Å²) < 4.78 is 22.8. The summed E-state index contributed by atoms with van der Waals surface area (Å²) in [6, 6.07) is 6.47. The van der Waals surface area contributed by atoms with E-state index in [-0.39, 0.29) is 23.7 Å². The molecular weight excluding hydrogens is 240 g/mol. The molecule has 1 aliphatic heterocycles. The van der Waals surface area contributed by atoms with Crippen molar-refractivity contribution in [3.8, 4) is 0 Å². The molecule has 0 radical (unpaired) electrons. The lowest BCUT2D eigenvalue weighted by Gasteiger charge is -2.21. The Balaban J connectivity index is 2.32. The fourth-order valence-corrected chi connectivity index (χ4v) is 3.91. The van der Waals surface area contributed by atoms with E-state index in [0.29, 0.717) is 11.1 Å². The monoisotopic (exact) mass is 254 g/mol. The van der Waals surface area contributed by atoms with Crippen LogP contribution in [0.1, 0.15) is 29.3 Å². The number of hydrogen-bond acceptors (Lipinski definition) is 4. The number of sulfone groups is 1. The first-order valence-corrected chi connectivity index (χ1v) is 7.19. The van der Waals surface area contributed by atoms with Crippen molar-refractivity contribution in [3.63, 3.8) is 0 Å². The van der Waals surface area contributed by atoms with Crippen LogP contribution in [0.15, 0.2) is 24.3 Å². The third kappa shape index (κ3) is 2.40. The van der Waals surface area contributed by atoms with Gasteiger partial charge in [0.15, 0.2) is 15.6 Å². The molecule has 1 aliphatic rings. The first-order chi connectivity index (χ1) is 7.82. The third-order valence-corrected chi connectivity index (χ3v) is 4.86. The molecule has 0 aromatic heterocycles. The van der Waals surface area contributed by atoms with Gasteiger partial charge < -0.3 is 5.11 Å². The molecule has 1 unspecified atom stereocenters. The van der Waals surface area contributed by atoms with E-state index in [9.17, 15) is 18.3 Å². The van der Waals surface area contributed by atoms with E-state index in [1.54, 1.807) is 24.3 Å². The van der Waals surface area contributed by atoms with E-state index in [1.165, 1.54) is 6.92 Å². The Morgan fingerprint density at radius 2 is 1.88 bits per heavy atom. The standard InChI is InChI=1S/C12H14O4S/c1-9(13)10-2-4-11(5-3-10)12(14)6-7-17(15,16)8-12/h2-5,14H,6-8H2,1H3. The van der Waals surface area contributed by atoms with Gasteiger partial charge in [-0.15, -0.1) is 0 Å². The third-order valence-electron chi connectivity index (χ3n) is 3.11. The van der Waals surface area contributed by atoms with Crippen molar-refractivity contribution in [2.24, 2.45) is 0 Å². The van der Waals surface area contributed by atoms with Crippen LogP contribution in [0.4, 0.5) is 0 Å². The molecule has 1 aromatic carbocycles. The molecular formula is C12H14O4S. The van der Waals surface area contributed by atoms with Gasteiger partial charge in [-0.3, -0.25) is 4.79 Å². The van der Waals surface area contributed by atoms with Crippen molar-refractivity contribution in [1.82, 2.24) is 0 Å². The normalized spacial score (nSPS) is 26.9. The van der Waals surface area contributed by atoms with Crippen molar-refractivity contribution in [2.75, 3.05) is 11.5 Å². The lowest BCUT2D eigenvalue weighted by molar-refractivity contribution is 0.0652. The molecule has 17 heavy (non-hydrogen) atoms. The molecule has 92 valence electrons. The van der Waals surface area contributed by atoms with Crippen LogP contribution in [0.5, 0.6) is 0 Å². The van der Waals surface area contributed by atoms with Crippen molar-refractivity contribution in [2.45, 2.75) is 18.9 Å². The summed E-state index contributed by atoms with van der Waals surface area (Å²) >= 11 is 0. The van der Waals surface area contributed by atoms with Gasteiger partial charge in [0.2, 0.25) is 0 Å². The number of aliphatic hydroxyl groups is 1. The molecule has 1 saturated heterocycles. The SMILES string of the molecule is CC(=O)c1ccc(C2(O)CCS(=O)(=O)C2)cc1. The highest BCUT2D eigenvalue weighted by molar-refractivity contribution is 7.91. The van der Waals surface area contributed by atoms with E-state index < -0.39 is 15.4 Å². The minimum absolute atomic E-state index is 0.0119. The van der Waals surface area contributed by atoms with Crippen molar-refractivity contribution in [3.05, 3.63) is 35.4 Å². The van der Waals surface area contributed by atoms with Crippen molar-refractivity contribution < 1.29 is 18.3 Å². The van der Waals surface area contributed by atoms with E-state index in [4.69, 9.17) is 0 Å². The van der Waals surface area contributed by atoms with Gasteiger partial charge in [-0.25, -0.2) is 8.42 Å². The van der Waals surface area contributed by atoms with E-state index in [1.807, 2.05) is 0 Å². The Morgan fingerprint density at radius 3 is 2.29 bits per heavy atom. The summed E-state index contributed by atoms with van der Waals surface area (Å²) in [7, 11) is -3.15. The first kappa shape index (κ1) is 12.3. The van der Waals surface area contributed by atoms with Crippen molar-refractivity contribution in [1.29, 1.82) is 0 Å². The molecule has 4 nitrogen and oxygen atoms in total. The lowest BCUT2D eigenvalue weighted by Crippen LogP contribution is -2.26. The number of hydrogen-bond donors (Lipinski definition) is 1. The van der Waals surface area contributed by atoms with Gasteiger partial charge in [-0.05, 0) is 18.9 Å². The molecule has 0 spiro atoms. The fraction of sp³-hybridized carbons (Fsp3) is 0.417. The van der Waals surface area contributed by atoms with Gasteiger partial charge in [0.05, 0.1) is 11.5 Å². The Labute approximate surface area is 100 Å². The first-order valence-electron chi connectivity index (χ1n) is 5.37. The average molecular weight is 254 g/mol. The molecule has 1 aromatic rings. The molecule has 0 saturated carbocycles. The van der Waals surface area contributed by atoms with Crippen LogP contribution < -0.4 is 0 Å². The van der Waals surface area contributed by atoms with E-state index in [0.717, 1.165) is 0 Å². The van der Waals surface area contributed by atoms with E-state index in [2.05, 4.69) is 0 Å². The van der Waals surface area contributed by atoms with Gasteiger partial charge in [0.25, 0.3) is 0 Å². The maximum atomic E-state index is 11.4. The lowest BCUT2D eigenvalue weighted by atomic mass is 9.92. The molecule has 0 aliphatic carbocycles. The molecule has 1 atom stereocenters. The van der Waals surface area contributed by atoms with Gasteiger partial charge >= 0.3 is 0 Å². The summed E-state index contributed by atoms with van der Waals surface area (Å²) in [6.07, 6.45) is 0.217. The highest BCUT2D eigenvalue weighted by atomic mass is 32.2. The Hall–Kier alpha value is -1.20. The Bertz CT molecular complexity index is 544. The van der Waals surface area contributed by atoms with Gasteiger partial charge in [0, 0.05) is 5.56 Å². The molecule has 1 heterocycles. The summed E-state index contributed by atoms with van der Waals surface area (Å²) in [4.78, 5) is 11.1. The topological polar surface area (TPSA) is 71.4 Å². The number of ketones is 1. The van der Waals surface area contributed by atoms with Crippen LogP contribution in [0.2, 0.25) is 0 Å². The van der Waals surface area contributed by atoms with Crippen LogP contribution >= 0.6 is 0 Å². The smallest absolute Gasteiger partial charge is 0.159 e. The number of carbonyl (C=O) groups is 1. The average Bonchev–Trinajstić information content (AvgIpc) is 2.54. The quantitative estimate of drug-likeness (QED) is 0.796. The van der Waals surface area contributed by atoms with Crippen LogP contribution in [0, 0.1) is 0 Å². The summed E-state index contributed by atoms with van der Waals surface area (Å²) in [5, 5.41) is 10.3. The van der Waals surface area contributed by atoms with Crippen LogP contribution in [0.25, 0.3) is 0 Å². The Morgan fingerprint density at radius 1 is 1.29 bits per heavy atom. The second-order valence-electron chi connectivity index (χ2n) is 4.51.